The molecule has 9 nitrogen and oxygen atoms in total. The molecule has 166 valence electrons. The number of amides is 1. The number of imidazole rings is 1. The molecule has 0 radical (unpaired) electrons. The lowest BCUT2D eigenvalue weighted by atomic mass is 10.1. The van der Waals surface area contributed by atoms with E-state index in [1.165, 1.54) is 6.07 Å². The Morgan fingerprint density at radius 1 is 1.22 bits per heavy atom. The molecule has 2 N–H and O–H groups in total. The summed E-state index contributed by atoms with van der Waals surface area (Å²) in [6, 6.07) is 2.97. The van der Waals surface area contributed by atoms with E-state index in [1.54, 1.807) is 41.6 Å². The van der Waals surface area contributed by atoms with Crippen LogP contribution in [-0.2, 0) is 7.05 Å². The SMILES string of the molecule is COc1cc(C(=O)Nc2cc(F)c3nc(C)cn3c2)c2nn(C)cc2c1N1CCNCC1. The Morgan fingerprint density at radius 3 is 2.75 bits per heavy atom. The Kier molecular flexibility index (Phi) is 4.93. The highest BCUT2D eigenvalue weighted by atomic mass is 19.1. The molecule has 4 heterocycles. The zero-order valence-electron chi connectivity index (χ0n) is 18.1. The number of fused-ring (bicyclic) bond motifs is 2. The summed E-state index contributed by atoms with van der Waals surface area (Å²) < 4.78 is 23.4. The van der Waals surface area contributed by atoms with E-state index in [0.717, 1.165) is 37.3 Å². The molecule has 0 saturated carbocycles. The van der Waals surface area contributed by atoms with Gasteiger partial charge in [-0.1, -0.05) is 0 Å². The average molecular weight is 437 g/mol. The van der Waals surface area contributed by atoms with E-state index in [4.69, 9.17) is 4.74 Å². The number of halogens is 1. The molecule has 1 aromatic carbocycles. The number of hydrogen-bond donors (Lipinski definition) is 2. The van der Waals surface area contributed by atoms with E-state index in [1.807, 2.05) is 13.2 Å². The van der Waals surface area contributed by atoms with Crippen LogP contribution in [0.15, 0.2) is 30.7 Å². The van der Waals surface area contributed by atoms with Crippen molar-refractivity contribution in [2.75, 3.05) is 43.5 Å². The number of nitrogens with zero attached hydrogens (tertiary/aromatic N) is 5. The number of nitrogens with one attached hydrogen (secondary N) is 2. The van der Waals surface area contributed by atoms with Gasteiger partial charge in [0.15, 0.2) is 11.5 Å². The van der Waals surface area contributed by atoms with Crippen molar-refractivity contribution >= 4 is 33.8 Å². The highest BCUT2D eigenvalue weighted by molar-refractivity contribution is 6.15. The van der Waals surface area contributed by atoms with Crippen molar-refractivity contribution < 1.29 is 13.9 Å². The van der Waals surface area contributed by atoms with Gasteiger partial charge in [0, 0.05) is 63.3 Å². The minimum absolute atomic E-state index is 0.217. The lowest BCUT2D eigenvalue weighted by Crippen LogP contribution is -2.43. The maximum Gasteiger partial charge on any atom is 0.258 e. The van der Waals surface area contributed by atoms with Gasteiger partial charge in [-0.25, -0.2) is 9.37 Å². The Hall–Kier alpha value is -3.66. The molecule has 3 aromatic heterocycles. The predicted molar refractivity (Wildman–Crippen MR) is 120 cm³/mol. The number of methoxy groups -OCH3 is 1. The quantitative estimate of drug-likeness (QED) is 0.510. The number of ether oxygens (including phenoxy) is 1. The van der Waals surface area contributed by atoms with E-state index in [2.05, 4.69) is 25.6 Å². The van der Waals surface area contributed by atoms with Gasteiger partial charge in [0.1, 0.15) is 11.3 Å². The molecule has 4 aromatic rings. The number of carbonyl (C=O) groups is 1. The van der Waals surface area contributed by atoms with E-state index in [-0.39, 0.29) is 5.65 Å². The summed E-state index contributed by atoms with van der Waals surface area (Å²) >= 11 is 0. The third kappa shape index (κ3) is 3.42. The Bertz CT molecular complexity index is 1340. The van der Waals surface area contributed by atoms with Crippen LogP contribution in [0.1, 0.15) is 16.1 Å². The summed E-state index contributed by atoms with van der Waals surface area (Å²) in [7, 11) is 3.41. The van der Waals surface area contributed by atoms with Crippen LogP contribution in [-0.4, -0.2) is 58.4 Å². The number of piperazine rings is 1. The summed E-state index contributed by atoms with van der Waals surface area (Å²) in [5, 5.41) is 11.5. The van der Waals surface area contributed by atoms with Crippen LogP contribution in [0.3, 0.4) is 0 Å². The van der Waals surface area contributed by atoms with Crippen molar-refractivity contribution in [3.63, 3.8) is 0 Å². The van der Waals surface area contributed by atoms with Crippen molar-refractivity contribution in [2.24, 2.45) is 7.05 Å². The van der Waals surface area contributed by atoms with Gasteiger partial charge in [-0.2, -0.15) is 5.10 Å². The molecular formula is C22H24FN7O2. The molecule has 10 heteroatoms. The molecule has 0 aliphatic carbocycles. The number of carbonyl (C=O) groups excluding carboxylic acids is 1. The van der Waals surface area contributed by atoms with E-state index in [9.17, 15) is 9.18 Å². The number of anilines is 2. The molecule has 0 unspecified atom stereocenters. The maximum absolute atomic E-state index is 14.5. The lowest BCUT2D eigenvalue weighted by Gasteiger charge is -2.31. The third-order valence-electron chi connectivity index (χ3n) is 5.63. The maximum atomic E-state index is 14.5. The molecule has 1 saturated heterocycles. The summed E-state index contributed by atoms with van der Waals surface area (Å²) in [5.74, 6) is -0.301. The first-order valence-electron chi connectivity index (χ1n) is 10.4. The Morgan fingerprint density at radius 2 is 2.00 bits per heavy atom. The van der Waals surface area contributed by atoms with E-state index >= 15 is 0 Å². The third-order valence-corrected chi connectivity index (χ3v) is 5.63. The first-order chi connectivity index (χ1) is 15.4. The zero-order valence-corrected chi connectivity index (χ0v) is 18.1. The molecule has 1 aliphatic heterocycles. The van der Waals surface area contributed by atoms with Gasteiger partial charge in [0.05, 0.1) is 29.7 Å². The molecule has 1 amide bonds. The smallest absolute Gasteiger partial charge is 0.258 e. The highest BCUT2D eigenvalue weighted by Gasteiger charge is 2.25. The fourth-order valence-corrected chi connectivity index (χ4v) is 4.25. The van der Waals surface area contributed by atoms with Crippen LogP contribution in [0.2, 0.25) is 0 Å². The predicted octanol–water partition coefficient (Wildman–Crippen LogP) is 2.34. The van der Waals surface area contributed by atoms with Crippen molar-refractivity contribution in [3.8, 4) is 5.75 Å². The first-order valence-corrected chi connectivity index (χ1v) is 10.4. The zero-order chi connectivity index (χ0) is 22.4. The van der Waals surface area contributed by atoms with Crippen LogP contribution in [0.25, 0.3) is 16.6 Å². The number of aromatic nitrogens is 4. The fourth-order valence-electron chi connectivity index (χ4n) is 4.25. The topological polar surface area (TPSA) is 88.7 Å². The van der Waals surface area contributed by atoms with Crippen molar-refractivity contribution in [1.82, 2.24) is 24.5 Å². The fraction of sp³-hybridized carbons (Fsp3) is 0.318. The van der Waals surface area contributed by atoms with Crippen LogP contribution < -0.4 is 20.3 Å². The first kappa shape index (κ1) is 20.3. The van der Waals surface area contributed by atoms with Crippen LogP contribution in [0.5, 0.6) is 5.75 Å². The van der Waals surface area contributed by atoms with Gasteiger partial charge in [-0.15, -0.1) is 0 Å². The second-order valence-corrected chi connectivity index (χ2v) is 7.92. The van der Waals surface area contributed by atoms with Crippen LogP contribution in [0, 0.1) is 12.7 Å². The van der Waals surface area contributed by atoms with Crippen molar-refractivity contribution in [2.45, 2.75) is 6.92 Å². The average Bonchev–Trinajstić information content (AvgIpc) is 3.34. The molecule has 5 rings (SSSR count). The van der Waals surface area contributed by atoms with Gasteiger partial charge >= 0.3 is 0 Å². The normalized spacial score (nSPS) is 14.3. The molecule has 0 bridgehead atoms. The largest absolute Gasteiger partial charge is 0.495 e. The Labute approximate surface area is 183 Å². The second kappa shape index (κ2) is 7.79. The van der Waals surface area contributed by atoms with Crippen LogP contribution in [0.4, 0.5) is 15.8 Å². The van der Waals surface area contributed by atoms with E-state index in [0.29, 0.717) is 28.2 Å². The molecule has 0 atom stereocenters. The summed E-state index contributed by atoms with van der Waals surface area (Å²) in [4.78, 5) is 19.6. The number of pyridine rings is 1. The highest BCUT2D eigenvalue weighted by Crippen LogP contribution is 2.38. The monoisotopic (exact) mass is 437 g/mol. The minimum atomic E-state index is -0.509. The lowest BCUT2D eigenvalue weighted by molar-refractivity contribution is 0.102. The number of hydrogen-bond acceptors (Lipinski definition) is 6. The Balaban J connectivity index is 1.57. The van der Waals surface area contributed by atoms with E-state index < -0.39 is 11.7 Å². The summed E-state index contributed by atoms with van der Waals surface area (Å²) in [6.45, 7) is 5.18. The van der Waals surface area contributed by atoms with Crippen LogP contribution >= 0.6 is 0 Å². The molecule has 0 spiro atoms. The van der Waals surface area contributed by atoms with Gasteiger partial charge < -0.3 is 24.7 Å². The van der Waals surface area contributed by atoms with Gasteiger partial charge in [-0.3, -0.25) is 9.48 Å². The summed E-state index contributed by atoms with van der Waals surface area (Å²) in [5.41, 5.74) is 3.09. The molecule has 1 fully saturated rings. The van der Waals surface area contributed by atoms with Gasteiger partial charge in [-0.05, 0) is 13.0 Å². The number of aryl methyl sites for hydroxylation is 2. The second-order valence-electron chi connectivity index (χ2n) is 7.92. The van der Waals surface area contributed by atoms with Gasteiger partial charge in [0.25, 0.3) is 5.91 Å². The standard InChI is InChI=1S/C22H24FN7O2/c1-13-10-30-11-14(8-17(23)21(30)25-13)26-22(31)15-9-18(32-3)20(29-6-4-24-5-7-29)16-12-28(2)27-19(15)16/h8-12,24H,4-7H2,1-3H3,(H,26,31). The number of benzene rings is 1. The van der Waals surface area contributed by atoms with Crippen molar-refractivity contribution in [1.29, 1.82) is 0 Å². The minimum Gasteiger partial charge on any atom is -0.495 e. The molecule has 32 heavy (non-hydrogen) atoms. The molecule has 1 aliphatic rings. The van der Waals surface area contributed by atoms with Gasteiger partial charge in [0.2, 0.25) is 0 Å². The number of rotatable bonds is 4. The van der Waals surface area contributed by atoms with Crippen molar-refractivity contribution in [3.05, 3.63) is 47.8 Å². The summed E-state index contributed by atoms with van der Waals surface area (Å²) in [6.07, 6.45) is 5.24. The molecular weight excluding hydrogens is 413 g/mol.